The molecule has 4 aromatic rings. The molecule has 0 radical (unpaired) electrons. The van der Waals surface area contributed by atoms with Gasteiger partial charge in [-0.3, -0.25) is 4.79 Å². The molecule has 150 valence electrons. The van der Waals surface area contributed by atoms with Crippen molar-refractivity contribution >= 4 is 17.4 Å². The van der Waals surface area contributed by atoms with E-state index in [0.717, 1.165) is 41.1 Å². The second-order valence-electron chi connectivity index (χ2n) is 7.92. The molecule has 1 aliphatic rings. The first kappa shape index (κ1) is 18.4. The lowest BCUT2D eigenvalue weighted by Gasteiger charge is -2.07. The largest absolute Gasteiger partial charge is 0.366 e. The van der Waals surface area contributed by atoms with Crippen molar-refractivity contribution in [2.75, 3.05) is 5.32 Å². The van der Waals surface area contributed by atoms with Gasteiger partial charge >= 0.3 is 0 Å². The van der Waals surface area contributed by atoms with Crippen LogP contribution < -0.4 is 11.1 Å². The minimum Gasteiger partial charge on any atom is -0.366 e. The van der Waals surface area contributed by atoms with Crippen molar-refractivity contribution < 1.29 is 4.79 Å². The van der Waals surface area contributed by atoms with Crippen molar-refractivity contribution in [2.45, 2.75) is 32.2 Å². The van der Waals surface area contributed by atoms with Gasteiger partial charge in [-0.25, -0.2) is 9.97 Å². The average molecular weight is 397 g/mol. The topological polar surface area (TPSA) is 85.3 Å². The van der Waals surface area contributed by atoms with Gasteiger partial charge in [0.1, 0.15) is 0 Å². The predicted molar refractivity (Wildman–Crippen MR) is 117 cm³/mol. The number of nitrogens with zero attached hydrogens (tertiary/aromatic N) is 3. The van der Waals surface area contributed by atoms with Crippen molar-refractivity contribution in [1.29, 1.82) is 0 Å². The Balaban J connectivity index is 1.47. The molecule has 2 aromatic carbocycles. The van der Waals surface area contributed by atoms with Gasteiger partial charge in [-0.15, -0.1) is 0 Å². The van der Waals surface area contributed by atoms with E-state index in [2.05, 4.69) is 47.6 Å². The maximum Gasteiger partial charge on any atom is 0.248 e. The summed E-state index contributed by atoms with van der Waals surface area (Å²) in [5.41, 5.74) is 12.2. The number of rotatable bonds is 6. The first-order chi connectivity index (χ1) is 14.6. The average Bonchev–Trinajstić information content (AvgIpc) is 3.50. The number of fused-ring (bicyclic) bond motifs is 1. The minimum atomic E-state index is -0.370. The normalized spacial score (nSPS) is 13.5. The van der Waals surface area contributed by atoms with E-state index in [4.69, 9.17) is 10.7 Å². The molecule has 0 saturated heterocycles. The van der Waals surface area contributed by atoms with Crippen molar-refractivity contribution in [3.05, 3.63) is 83.3 Å². The Kier molecular flexibility index (Phi) is 4.47. The first-order valence-corrected chi connectivity index (χ1v) is 10.2. The zero-order chi connectivity index (χ0) is 20.7. The SMILES string of the molecule is Cc1cccc(CNc2nccn3cc(-c4ccc(C(N)=O)c(C5CC5)c4)nc23)c1. The van der Waals surface area contributed by atoms with Crippen molar-refractivity contribution in [2.24, 2.45) is 5.73 Å². The zero-order valence-corrected chi connectivity index (χ0v) is 16.8. The Morgan fingerprint density at radius 1 is 1.23 bits per heavy atom. The highest BCUT2D eigenvalue weighted by Crippen LogP contribution is 2.43. The molecule has 6 heteroatoms. The summed E-state index contributed by atoms with van der Waals surface area (Å²) >= 11 is 0. The molecule has 3 N–H and O–H groups in total. The number of aryl methyl sites for hydroxylation is 1. The number of hydrogen-bond acceptors (Lipinski definition) is 4. The Morgan fingerprint density at radius 3 is 2.87 bits per heavy atom. The summed E-state index contributed by atoms with van der Waals surface area (Å²) in [5, 5.41) is 3.40. The quantitative estimate of drug-likeness (QED) is 0.508. The van der Waals surface area contributed by atoms with Crippen LogP contribution in [-0.4, -0.2) is 20.3 Å². The third-order valence-corrected chi connectivity index (χ3v) is 5.55. The molecule has 1 saturated carbocycles. The van der Waals surface area contributed by atoms with Gasteiger partial charge in [-0.1, -0.05) is 35.9 Å². The fourth-order valence-corrected chi connectivity index (χ4v) is 3.87. The lowest BCUT2D eigenvalue weighted by atomic mass is 9.98. The number of carbonyl (C=O) groups is 1. The van der Waals surface area contributed by atoms with Gasteiger partial charge in [-0.2, -0.15) is 0 Å². The van der Waals surface area contributed by atoms with Gasteiger partial charge in [0.15, 0.2) is 11.5 Å². The maximum atomic E-state index is 11.8. The molecule has 5 rings (SSSR count). The van der Waals surface area contributed by atoms with Crippen molar-refractivity contribution in [3.8, 4) is 11.3 Å². The molecule has 1 aliphatic carbocycles. The summed E-state index contributed by atoms with van der Waals surface area (Å²) in [6, 6.07) is 14.2. The smallest absolute Gasteiger partial charge is 0.248 e. The van der Waals surface area contributed by atoms with E-state index in [0.29, 0.717) is 18.0 Å². The van der Waals surface area contributed by atoms with Crippen LogP contribution >= 0.6 is 0 Å². The van der Waals surface area contributed by atoms with Crippen LogP contribution in [0.2, 0.25) is 0 Å². The molecule has 2 aromatic heterocycles. The number of anilines is 1. The van der Waals surface area contributed by atoms with Crippen LogP contribution in [-0.2, 0) is 6.54 Å². The van der Waals surface area contributed by atoms with Crippen LogP contribution in [0, 0.1) is 6.92 Å². The molecule has 0 spiro atoms. The lowest BCUT2D eigenvalue weighted by Crippen LogP contribution is -2.13. The van der Waals surface area contributed by atoms with Gasteiger partial charge in [0, 0.05) is 36.3 Å². The molecule has 0 aliphatic heterocycles. The van der Waals surface area contributed by atoms with Gasteiger partial charge in [0.2, 0.25) is 5.91 Å². The number of amides is 1. The second-order valence-corrected chi connectivity index (χ2v) is 7.92. The van der Waals surface area contributed by atoms with E-state index in [-0.39, 0.29) is 5.91 Å². The first-order valence-electron chi connectivity index (χ1n) is 10.2. The van der Waals surface area contributed by atoms with E-state index in [1.54, 1.807) is 6.20 Å². The molecular weight excluding hydrogens is 374 g/mol. The van der Waals surface area contributed by atoms with Crippen LogP contribution in [0.4, 0.5) is 5.82 Å². The summed E-state index contributed by atoms with van der Waals surface area (Å²) in [4.78, 5) is 21.1. The Hall–Kier alpha value is -3.67. The lowest BCUT2D eigenvalue weighted by molar-refractivity contribution is 0.0999. The summed E-state index contributed by atoms with van der Waals surface area (Å²) in [6.07, 6.45) is 7.86. The fraction of sp³-hybridized carbons (Fsp3) is 0.208. The monoisotopic (exact) mass is 397 g/mol. The molecule has 0 atom stereocenters. The standard InChI is InChI=1S/C24H23N5O/c1-15-3-2-4-16(11-15)13-27-23-24-28-21(14-29(24)10-9-26-23)18-7-8-19(22(25)30)20(12-18)17-5-6-17/h2-4,7-12,14,17H,5-6,13H2,1H3,(H2,25,30)(H,26,27). The molecule has 30 heavy (non-hydrogen) atoms. The molecule has 0 unspecified atom stereocenters. The van der Waals surface area contributed by atoms with Gasteiger partial charge in [0.05, 0.1) is 5.69 Å². The van der Waals surface area contributed by atoms with Crippen LogP contribution in [0.3, 0.4) is 0 Å². The van der Waals surface area contributed by atoms with Crippen LogP contribution in [0.25, 0.3) is 16.9 Å². The summed E-state index contributed by atoms with van der Waals surface area (Å²) in [6.45, 7) is 2.76. The third-order valence-electron chi connectivity index (χ3n) is 5.55. The number of imidazole rings is 1. The van der Waals surface area contributed by atoms with E-state index in [1.807, 2.05) is 28.9 Å². The minimum absolute atomic E-state index is 0.370. The third kappa shape index (κ3) is 3.52. The summed E-state index contributed by atoms with van der Waals surface area (Å²) in [7, 11) is 0. The summed E-state index contributed by atoms with van der Waals surface area (Å²) in [5.74, 6) is 0.796. The van der Waals surface area contributed by atoms with E-state index in [9.17, 15) is 4.79 Å². The Morgan fingerprint density at radius 2 is 2.10 bits per heavy atom. The van der Waals surface area contributed by atoms with Crippen molar-refractivity contribution in [3.63, 3.8) is 0 Å². The molecule has 1 amide bonds. The highest BCUT2D eigenvalue weighted by molar-refractivity contribution is 5.95. The van der Waals surface area contributed by atoms with Gasteiger partial charge < -0.3 is 15.5 Å². The number of nitrogens with one attached hydrogen (secondary N) is 1. The molecule has 0 bridgehead atoms. The van der Waals surface area contributed by atoms with Gasteiger partial charge in [0.25, 0.3) is 0 Å². The van der Waals surface area contributed by atoms with Gasteiger partial charge in [-0.05, 0) is 48.9 Å². The number of benzene rings is 2. The number of aromatic nitrogens is 3. The van der Waals surface area contributed by atoms with Crippen LogP contribution in [0.1, 0.15) is 45.8 Å². The van der Waals surface area contributed by atoms with Crippen LogP contribution in [0.15, 0.2) is 61.1 Å². The number of carbonyl (C=O) groups excluding carboxylic acids is 1. The number of nitrogens with two attached hydrogens (primary N) is 1. The zero-order valence-electron chi connectivity index (χ0n) is 16.8. The van der Waals surface area contributed by atoms with Crippen LogP contribution in [0.5, 0.6) is 0 Å². The van der Waals surface area contributed by atoms with E-state index < -0.39 is 0 Å². The Bertz CT molecular complexity index is 1260. The predicted octanol–water partition coefficient (Wildman–Crippen LogP) is 4.29. The maximum absolute atomic E-state index is 11.8. The second kappa shape index (κ2) is 7.30. The number of hydrogen-bond donors (Lipinski definition) is 2. The highest BCUT2D eigenvalue weighted by Gasteiger charge is 2.28. The number of primary amides is 1. The van der Waals surface area contributed by atoms with E-state index in [1.165, 1.54) is 11.1 Å². The molecule has 2 heterocycles. The summed E-state index contributed by atoms with van der Waals surface area (Å²) < 4.78 is 1.97. The van der Waals surface area contributed by atoms with E-state index >= 15 is 0 Å². The molecule has 6 nitrogen and oxygen atoms in total. The molecular formula is C24H23N5O. The van der Waals surface area contributed by atoms with Crippen molar-refractivity contribution in [1.82, 2.24) is 14.4 Å². The Labute approximate surface area is 174 Å². The molecule has 1 fully saturated rings. The fourth-order valence-electron chi connectivity index (χ4n) is 3.87. The highest BCUT2D eigenvalue weighted by atomic mass is 16.1.